The van der Waals surface area contributed by atoms with E-state index in [2.05, 4.69) is 22.5 Å². The summed E-state index contributed by atoms with van der Waals surface area (Å²) in [6.07, 6.45) is 0.871. The van der Waals surface area contributed by atoms with Gasteiger partial charge in [-0.25, -0.2) is 4.39 Å². The Hall–Kier alpha value is -2.24. The lowest BCUT2D eigenvalue weighted by molar-refractivity contribution is -0.118. The fraction of sp³-hybridized carbons (Fsp3) is 0.350. The summed E-state index contributed by atoms with van der Waals surface area (Å²) in [5.74, 6) is -0.284. The Kier molecular flexibility index (Phi) is 5.79. The first-order valence-electron chi connectivity index (χ1n) is 8.75. The smallest absolute Gasteiger partial charge is 0.238 e. The number of anilines is 1. The van der Waals surface area contributed by atoms with E-state index in [0.29, 0.717) is 13.1 Å². The molecular formula is C20H24FN3O. The molecule has 3 rings (SSSR count). The molecule has 1 aliphatic rings. The molecule has 0 spiro atoms. The number of benzene rings is 2. The van der Waals surface area contributed by atoms with E-state index in [1.54, 1.807) is 12.1 Å². The van der Waals surface area contributed by atoms with Crippen molar-refractivity contribution >= 4 is 11.6 Å². The van der Waals surface area contributed by atoms with Crippen LogP contribution in [0.5, 0.6) is 0 Å². The van der Waals surface area contributed by atoms with Crippen LogP contribution in [0.2, 0.25) is 0 Å². The Bertz CT molecular complexity index is 734. The summed E-state index contributed by atoms with van der Waals surface area (Å²) in [4.78, 5) is 14.7. The lowest BCUT2D eigenvalue weighted by Gasteiger charge is -2.36. The van der Waals surface area contributed by atoms with Gasteiger partial charge in [-0.3, -0.25) is 9.69 Å². The second kappa shape index (κ2) is 8.23. The van der Waals surface area contributed by atoms with Gasteiger partial charge in [-0.05, 0) is 35.7 Å². The normalized spacial score (nSPS) is 18.1. The maximum atomic E-state index is 13.6. The molecule has 5 heteroatoms. The molecule has 1 amide bonds. The van der Waals surface area contributed by atoms with Crippen LogP contribution in [-0.4, -0.2) is 37.0 Å². The third kappa shape index (κ3) is 4.44. The summed E-state index contributed by atoms with van der Waals surface area (Å²) >= 11 is 0. The average Bonchev–Trinajstić information content (AvgIpc) is 2.62. The predicted molar refractivity (Wildman–Crippen MR) is 98.0 cm³/mol. The molecule has 132 valence electrons. The molecule has 0 aromatic heterocycles. The zero-order chi connectivity index (χ0) is 17.6. The van der Waals surface area contributed by atoms with Crippen molar-refractivity contribution in [2.75, 3.05) is 31.5 Å². The molecule has 2 aromatic carbocycles. The van der Waals surface area contributed by atoms with Crippen molar-refractivity contribution in [1.82, 2.24) is 10.2 Å². The fourth-order valence-electron chi connectivity index (χ4n) is 3.30. The van der Waals surface area contributed by atoms with Crippen molar-refractivity contribution in [2.45, 2.75) is 19.4 Å². The minimum atomic E-state index is -0.246. The minimum absolute atomic E-state index is 0.00313. The van der Waals surface area contributed by atoms with E-state index in [1.165, 1.54) is 6.07 Å². The largest absolute Gasteiger partial charge is 0.325 e. The Morgan fingerprint density at radius 3 is 2.92 bits per heavy atom. The van der Waals surface area contributed by atoms with Crippen LogP contribution in [0.4, 0.5) is 10.1 Å². The minimum Gasteiger partial charge on any atom is -0.325 e. The van der Waals surface area contributed by atoms with Crippen LogP contribution < -0.4 is 10.6 Å². The predicted octanol–water partition coefficient (Wildman–Crippen LogP) is 2.97. The number of hydrogen-bond acceptors (Lipinski definition) is 3. The summed E-state index contributed by atoms with van der Waals surface area (Å²) in [6.45, 7) is 4.65. The standard InChI is InChI=1S/C20H24FN3O/c1-2-15-6-3-4-9-18(15)23-20(25)14-24-11-10-22-13-19(24)16-7-5-8-17(21)12-16/h3-9,12,19,22H,2,10-11,13-14H2,1H3,(H,23,25). The number of halogens is 1. The van der Waals surface area contributed by atoms with Gasteiger partial charge >= 0.3 is 0 Å². The van der Waals surface area contributed by atoms with Crippen LogP contribution in [0.3, 0.4) is 0 Å². The highest BCUT2D eigenvalue weighted by molar-refractivity contribution is 5.93. The highest BCUT2D eigenvalue weighted by Crippen LogP contribution is 2.23. The van der Waals surface area contributed by atoms with Crippen LogP contribution in [0, 0.1) is 5.82 Å². The Labute approximate surface area is 148 Å². The highest BCUT2D eigenvalue weighted by atomic mass is 19.1. The maximum Gasteiger partial charge on any atom is 0.238 e. The van der Waals surface area contributed by atoms with Crippen molar-refractivity contribution < 1.29 is 9.18 Å². The monoisotopic (exact) mass is 341 g/mol. The first kappa shape index (κ1) is 17.6. The van der Waals surface area contributed by atoms with E-state index in [1.807, 2.05) is 30.3 Å². The van der Waals surface area contributed by atoms with Crippen LogP contribution in [0.1, 0.15) is 24.1 Å². The molecule has 1 atom stereocenters. The van der Waals surface area contributed by atoms with Crippen LogP contribution in [-0.2, 0) is 11.2 Å². The Balaban J connectivity index is 1.70. The lowest BCUT2D eigenvalue weighted by atomic mass is 10.0. The molecule has 1 saturated heterocycles. The van der Waals surface area contributed by atoms with E-state index in [4.69, 9.17) is 0 Å². The molecule has 0 aliphatic carbocycles. The van der Waals surface area contributed by atoms with Gasteiger partial charge < -0.3 is 10.6 Å². The van der Waals surface area contributed by atoms with Gasteiger partial charge in [-0.15, -0.1) is 0 Å². The summed E-state index contributed by atoms with van der Waals surface area (Å²) in [5.41, 5.74) is 2.89. The molecule has 4 nitrogen and oxygen atoms in total. The number of rotatable bonds is 5. The number of hydrogen-bond donors (Lipinski definition) is 2. The zero-order valence-electron chi connectivity index (χ0n) is 14.5. The second-order valence-corrected chi connectivity index (χ2v) is 6.30. The maximum absolute atomic E-state index is 13.6. The molecule has 0 radical (unpaired) electrons. The molecule has 0 bridgehead atoms. The summed E-state index contributed by atoms with van der Waals surface area (Å²) in [6, 6.07) is 14.5. The van der Waals surface area contributed by atoms with Gasteiger partial charge in [0.1, 0.15) is 5.82 Å². The molecule has 1 heterocycles. The number of carbonyl (C=O) groups excluding carboxylic acids is 1. The summed E-state index contributed by atoms with van der Waals surface area (Å²) in [7, 11) is 0. The third-order valence-electron chi connectivity index (χ3n) is 4.61. The first-order chi connectivity index (χ1) is 12.2. The number of carbonyl (C=O) groups is 1. The zero-order valence-corrected chi connectivity index (χ0v) is 14.5. The molecule has 1 fully saturated rings. The SMILES string of the molecule is CCc1ccccc1NC(=O)CN1CCNCC1c1cccc(F)c1. The van der Waals surface area contributed by atoms with E-state index >= 15 is 0 Å². The Morgan fingerprint density at radius 1 is 1.28 bits per heavy atom. The first-order valence-corrected chi connectivity index (χ1v) is 8.75. The molecule has 0 saturated carbocycles. The molecule has 1 unspecified atom stereocenters. The van der Waals surface area contributed by atoms with Gasteiger partial charge in [0.15, 0.2) is 0 Å². The number of nitrogens with one attached hydrogen (secondary N) is 2. The lowest BCUT2D eigenvalue weighted by Crippen LogP contribution is -2.48. The van der Waals surface area contributed by atoms with E-state index < -0.39 is 0 Å². The van der Waals surface area contributed by atoms with Crippen molar-refractivity contribution in [3.8, 4) is 0 Å². The van der Waals surface area contributed by atoms with Crippen molar-refractivity contribution in [3.05, 3.63) is 65.5 Å². The number of para-hydroxylation sites is 1. The van der Waals surface area contributed by atoms with Gasteiger partial charge in [-0.1, -0.05) is 37.3 Å². The van der Waals surface area contributed by atoms with Crippen LogP contribution >= 0.6 is 0 Å². The quantitative estimate of drug-likeness (QED) is 0.879. The van der Waals surface area contributed by atoms with Gasteiger partial charge in [0, 0.05) is 31.4 Å². The van der Waals surface area contributed by atoms with Crippen molar-refractivity contribution in [2.24, 2.45) is 0 Å². The topological polar surface area (TPSA) is 44.4 Å². The number of aryl methyl sites for hydroxylation is 1. The van der Waals surface area contributed by atoms with E-state index in [0.717, 1.165) is 36.3 Å². The van der Waals surface area contributed by atoms with Gasteiger partial charge in [-0.2, -0.15) is 0 Å². The highest BCUT2D eigenvalue weighted by Gasteiger charge is 2.25. The van der Waals surface area contributed by atoms with Gasteiger partial charge in [0.2, 0.25) is 5.91 Å². The van der Waals surface area contributed by atoms with Crippen molar-refractivity contribution in [3.63, 3.8) is 0 Å². The number of amides is 1. The van der Waals surface area contributed by atoms with Gasteiger partial charge in [0.25, 0.3) is 0 Å². The number of piperazine rings is 1. The van der Waals surface area contributed by atoms with E-state index in [-0.39, 0.29) is 17.8 Å². The average molecular weight is 341 g/mol. The fourth-order valence-corrected chi connectivity index (χ4v) is 3.30. The molecule has 1 aliphatic heterocycles. The molecule has 25 heavy (non-hydrogen) atoms. The molecule has 2 aromatic rings. The third-order valence-corrected chi connectivity index (χ3v) is 4.61. The summed E-state index contributed by atoms with van der Waals surface area (Å²) < 4.78 is 13.6. The van der Waals surface area contributed by atoms with Crippen molar-refractivity contribution in [1.29, 1.82) is 0 Å². The summed E-state index contributed by atoms with van der Waals surface area (Å²) in [5, 5.41) is 6.35. The van der Waals surface area contributed by atoms with Crippen LogP contribution in [0.15, 0.2) is 48.5 Å². The second-order valence-electron chi connectivity index (χ2n) is 6.30. The van der Waals surface area contributed by atoms with E-state index in [9.17, 15) is 9.18 Å². The Morgan fingerprint density at radius 2 is 2.12 bits per heavy atom. The molecule has 2 N–H and O–H groups in total. The van der Waals surface area contributed by atoms with Crippen LogP contribution in [0.25, 0.3) is 0 Å². The van der Waals surface area contributed by atoms with Gasteiger partial charge in [0.05, 0.1) is 6.54 Å². The molecular weight excluding hydrogens is 317 g/mol. The number of nitrogens with zero attached hydrogens (tertiary/aromatic N) is 1.